The van der Waals surface area contributed by atoms with E-state index < -0.39 is 6.04 Å². The van der Waals surface area contributed by atoms with Crippen molar-refractivity contribution in [2.45, 2.75) is 32.4 Å². The molecule has 1 aromatic rings. The van der Waals surface area contributed by atoms with Crippen LogP contribution < -0.4 is 5.73 Å². The minimum absolute atomic E-state index is 0.0439. The monoisotopic (exact) mass is 264 g/mol. The van der Waals surface area contributed by atoms with Crippen molar-refractivity contribution in [1.82, 2.24) is 4.90 Å². The van der Waals surface area contributed by atoms with Crippen LogP contribution in [0.4, 0.5) is 0 Å². The average Bonchev–Trinajstić information content (AvgIpc) is 2.47. The molecule has 2 unspecified atom stereocenters. The molecular formula is C15H24N2O2. The Hall–Kier alpha value is -1.39. The van der Waals surface area contributed by atoms with Crippen LogP contribution in [0.5, 0.6) is 0 Å². The zero-order valence-electron chi connectivity index (χ0n) is 12.0. The lowest BCUT2D eigenvalue weighted by atomic mass is 10.1. The zero-order valence-corrected chi connectivity index (χ0v) is 12.0. The molecular weight excluding hydrogens is 240 g/mol. The Labute approximate surface area is 115 Å². The molecule has 0 aliphatic carbocycles. The smallest absolute Gasteiger partial charge is 0.244 e. The van der Waals surface area contributed by atoms with Gasteiger partial charge in [-0.2, -0.15) is 0 Å². The molecule has 0 saturated carbocycles. The standard InChI is InChI=1S/C15H24N2O2/c1-4-12(2)17(10-11-19-3)15(18)14(16)13-8-6-5-7-9-13/h5-9,12,14H,4,10-11,16H2,1-3H3. The van der Waals surface area contributed by atoms with Gasteiger partial charge in [-0.25, -0.2) is 0 Å². The molecule has 0 heterocycles. The third-order valence-electron chi connectivity index (χ3n) is 3.37. The second-order valence-corrected chi connectivity index (χ2v) is 4.67. The molecule has 1 rings (SSSR count). The number of hydrogen-bond donors (Lipinski definition) is 1. The van der Waals surface area contributed by atoms with Gasteiger partial charge in [0.05, 0.1) is 6.61 Å². The predicted octanol–water partition coefficient (Wildman–Crippen LogP) is 1.96. The Balaban J connectivity index is 2.80. The molecule has 0 fully saturated rings. The molecule has 0 aromatic heterocycles. The quantitative estimate of drug-likeness (QED) is 0.819. The van der Waals surface area contributed by atoms with Crippen LogP contribution in [-0.2, 0) is 9.53 Å². The molecule has 4 heteroatoms. The Kier molecular flexibility index (Phi) is 6.53. The Morgan fingerprint density at radius 1 is 1.37 bits per heavy atom. The molecule has 106 valence electrons. The lowest BCUT2D eigenvalue weighted by Gasteiger charge is -2.30. The fraction of sp³-hybridized carbons (Fsp3) is 0.533. The van der Waals surface area contributed by atoms with Crippen molar-refractivity contribution in [1.29, 1.82) is 0 Å². The lowest BCUT2D eigenvalue weighted by Crippen LogP contribution is -2.45. The van der Waals surface area contributed by atoms with Crippen LogP contribution in [0.2, 0.25) is 0 Å². The van der Waals surface area contributed by atoms with Gasteiger partial charge in [0.25, 0.3) is 0 Å². The number of ether oxygens (including phenoxy) is 1. The minimum Gasteiger partial charge on any atom is -0.383 e. The van der Waals surface area contributed by atoms with Crippen molar-refractivity contribution in [3.05, 3.63) is 35.9 Å². The van der Waals surface area contributed by atoms with Gasteiger partial charge in [-0.3, -0.25) is 4.79 Å². The van der Waals surface area contributed by atoms with Gasteiger partial charge < -0.3 is 15.4 Å². The maximum Gasteiger partial charge on any atom is 0.244 e. The van der Waals surface area contributed by atoms with E-state index in [0.717, 1.165) is 12.0 Å². The van der Waals surface area contributed by atoms with Gasteiger partial charge in [0, 0.05) is 19.7 Å². The highest BCUT2D eigenvalue weighted by Gasteiger charge is 2.25. The molecule has 0 spiro atoms. The second kappa shape index (κ2) is 7.92. The van der Waals surface area contributed by atoms with Gasteiger partial charge in [-0.1, -0.05) is 37.3 Å². The van der Waals surface area contributed by atoms with Crippen molar-refractivity contribution in [3.63, 3.8) is 0 Å². The van der Waals surface area contributed by atoms with E-state index in [1.54, 1.807) is 12.0 Å². The predicted molar refractivity (Wildman–Crippen MR) is 76.7 cm³/mol. The van der Waals surface area contributed by atoms with Gasteiger partial charge >= 0.3 is 0 Å². The molecule has 19 heavy (non-hydrogen) atoms. The summed E-state index contributed by atoms with van der Waals surface area (Å²) in [6.45, 7) is 5.19. The zero-order chi connectivity index (χ0) is 14.3. The third-order valence-corrected chi connectivity index (χ3v) is 3.37. The molecule has 0 bridgehead atoms. The van der Waals surface area contributed by atoms with Crippen LogP contribution in [0, 0.1) is 0 Å². The fourth-order valence-electron chi connectivity index (χ4n) is 1.94. The summed E-state index contributed by atoms with van der Waals surface area (Å²) in [5, 5.41) is 0. The highest BCUT2D eigenvalue weighted by Crippen LogP contribution is 2.15. The molecule has 0 saturated heterocycles. The number of carbonyl (C=O) groups excluding carboxylic acids is 1. The number of methoxy groups -OCH3 is 1. The van der Waals surface area contributed by atoms with Crippen LogP contribution in [0.15, 0.2) is 30.3 Å². The van der Waals surface area contributed by atoms with E-state index >= 15 is 0 Å². The summed E-state index contributed by atoms with van der Waals surface area (Å²) in [6.07, 6.45) is 0.900. The summed E-state index contributed by atoms with van der Waals surface area (Å²) < 4.78 is 5.07. The summed E-state index contributed by atoms with van der Waals surface area (Å²) >= 11 is 0. The summed E-state index contributed by atoms with van der Waals surface area (Å²) in [7, 11) is 1.64. The average molecular weight is 264 g/mol. The van der Waals surface area contributed by atoms with Gasteiger partial charge in [0.2, 0.25) is 5.91 Å². The summed E-state index contributed by atoms with van der Waals surface area (Å²) in [5.41, 5.74) is 6.92. The van der Waals surface area contributed by atoms with E-state index in [-0.39, 0.29) is 11.9 Å². The van der Waals surface area contributed by atoms with E-state index in [1.807, 2.05) is 37.3 Å². The molecule has 2 N–H and O–H groups in total. The Morgan fingerprint density at radius 2 is 2.00 bits per heavy atom. The molecule has 0 aliphatic rings. The molecule has 1 aromatic carbocycles. The Morgan fingerprint density at radius 3 is 2.53 bits per heavy atom. The maximum atomic E-state index is 12.5. The number of benzene rings is 1. The molecule has 4 nitrogen and oxygen atoms in total. The first kappa shape index (κ1) is 15.7. The van der Waals surface area contributed by atoms with Crippen molar-refractivity contribution in [3.8, 4) is 0 Å². The molecule has 1 amide bonds. The number of rotatable bonds is 7. The van der Waals surface area contributed by atoms with Crippen LogP contribution in [-0.4, -0.2) is 37.1 Å². The van der Waals surface area contributed by atoms with E-state index in [2.05, 4.69) is 6.92 Å². The molecule has 0 aliphatic heterocycles. The largest absolute Gasteiger partial charge is 0.383 e. The van der Waals surface area contributed by atoms with E-state index in [4.69, 9.17) is 10.5 Å². The van der Waals surface area contributed by atoms with Crippen molar-refractivity contribution >= 4 is 5.91 Å². The van der Waals surface area contributed by atoms with E-state index in [1.165, 1.54) is 0 Å². The van der Waals surface area contributed by atoms with E-state index in [0.29, 0.717) is 13.2 Å². The van der Waals surface area contributed by atoms with Crippen molar-refractivity contribution in [2.75, 3.05) is 20.3 Å². The summed E-state index contributed by atoms with van der Waals surface area (Å²) in [5.74, 6) is -0.0439. The molecule has 2 atom stereocenters. The first-order chi connectivity index (χ1) is 9.11. The number of nitrogens with two attached hydrogens (primary N) is 1. The SMILES string of the molecule is CCC(C)N(CCOC)C(=O)C(N)c1ccccc1. The first-order valence-electron chi connectivity index (χ1n) is 6.71. The number of hydrogen-bond acceptors (Lipinski definition) is 3. The van der Waals surface area contributed by atoms with Crippen LogP contribution in [0.1, 0.15) is 31.9 Å². The Bertz CT molecular complexity index is 381. The van der Waals surface area contributed by atoms with Crippen molar-refractivity contribution < 1.29 is 9.53 Å². The summed E-state index contributed by atoms with van der Waals surface area (Å²) in [4.78, 5) is 14.3. The van der Waals surface area contributed by atoms with Gasteiger partial charge in [0.1, 0.15) is 6.04 Å². The number of amides is 1. The van der Waals surface area contributed by atoms with Crippen LogP contribution in [0.25, 0.3) is 0 Å². The van der Waals surface area contributed by atoms with E-state index in [9.17, 15) is 4.79 Å². The number of carbonyl (C=O) groups is 1. The fourth-order valence-corrected chi connectivity index (χ4v) is 1.94. The molecule has 0 radical (unpaired) electrons. The lowest BCUT2D eigenvalue weighted by molar-refractivity contribution is -0.135. The maximum absolute atomic E-state index is 12.5. The van der Waals surface area contributed by atoms with Crippen LogP contribution >= 0.6 is 0 Å². The highest BCUT2D eigenvalue weighted by atomic mass is 16.5. The first-order valence-corrected chi connectivity index (χ1v) is 6.71. The third kappa shape index (κ3) is 4.33. The van der Waals surface area contributed by atoms with Gasteiger partial charge in [-0.15, -0.1) is 0 Å². The topological polar surface area (TPSA) is 55.6 Å². The summed E-state index contributed by atoms with van der Waals surface area (Å²) in [6, 6.07) is 9.03. The van der Waals surface area contributed by atoms with Gasteiger partial charge in [-0.05, 0) is 18.9 Å². The highest BCUT2D eigenvalue weighted by molar-refractivity contribution is 5.83. The normalized spacial score (nSPS) is 13.9. The minimum atomic E-state index is -0.605. The number of nitrogens with zero attached hydrogens (tertiary/aromatic N) is 1. The van der Waals surface area contributed by atoms with Gasteiger partial charge in [0.15, 0.2) is 0 Å². The van der Waals surface area contributed by atoms with Crippen molar-refractivity contribution in [2.24, 2.45) is 5.73 Å². The van der Waals surface area contributed by atoms with Crippen LogP contribution in [0.3, 0.4) is 0 Å². The second-order valence-electron chi connectivity index (χ2n) is 4.67.